The van der Waals surface area contributed by atoms with E-state index in [0.29, 0.717) is 34.4 Å². The van der Waals surface area contributed by atoms with E-state index in [-0.39, 0.29) is 5.91 Å². The SMILES string of the molecule is O=C1C(=Cc2ccco2)N=C2C(Cc3ccccc3)=NC(c3ccc(Cl)cc3)=CN12. The van der Waals surface area contributed by atoms with Gasteiger partial charge in [0.25, 0.3) is 5.91 Å². The van der Waals surface area contributed by atoms with Crippen molar-refractivity contribution in [2.45, 2.75) is 6.42 Å². The number of amidine groups is 1. The predicted molar refractivity (Wildman–Crippen MR) is 118 cm³/mol. The maximum Gasteiger partial charge on any atom is 0.282 e. The maximum absolute atomic E-state index is 13.1. The summed E-state index contributed by atoms with van der Waals surface area (Å²) in [5, 5.41) is 0.645. The van der Waals surface area contributed by atoms with Crippen LogP contribution >= 0.6 is 11.6 Å². The molecule has 0 saturated carbocycles. The molecule has 0 atom stereocenters. The van der Waals surface area contributed by atoms with Crippen molar-refractivity contribution in [1.82, 2.24) is 4.90 Å². The third-order valence-electron chi connectivity index (χ3n) is 4.83. The highest BCUT2D eigenvalue weighted by Gasteiger charge is 2.35. The molecule has 2 aliphatic rings. The van der Waals surface area contributed by atoms with Crippen LogP contribution in [0.1, 0.15) is 16.9 Å². The van der Waals surface area contributed by atoms with Gasteiger partial charge < -0.3 is 4.42 Å². The highest BCUT2D eigenvalue weighted by Crippen LogP contribution is 2.29. The topological polar surface area (TPSA) is 58.2 Å². The molecule has 0 N–H and O–H groups in total. The molecule has 1 aromatic heterocycles. The molecule has 5 rings (SSSR count). The number of rotatable bonds is 4. The first-order valence-corrected chi connectivity index (χ1v) is 9.82. The molecule has 0 radical (unpaired) electrons. The van der Waals surface area contributed by atoms with Crippen molar-refractivity contribution in [1.29, 1.82) is 0 Å². The third kappa shape index (κ3) is 3.51. The first-order valence-electron chi connectivity index (χ1n) is 9.44. The van der Waals surface area contributed by atoms with Gasteiger partial charge >= 0.3 is 0 Å². The number of benzene rings is 2. The molecule has 6 heteroatoms. The Labute approximate surface area is 178 Å². The van der Waals surface area contributed by atoms with E-state index in [1.54, 1.807) is 35.6 Å². The lowest BCUT2D eigenvalue weighted by Crippen LogP contribution is -2.36. The van der Waals surface area contributed by atoms with Gasteiger partial charge in [-0.3, -0.25) is 9.69 Å². The molecule has 146 valence electrons. The number of amides is 1. The number of carbonyl (C=O) groups is 1. The molecule has 0 unspecified atom stereocenters. The Bertz CT molecular complexity index is 1220. The lowest BCUT2D eigenvalue weighted by Gasteiger charge is -2.22. The van der Waals surface area contributed by atoms with Crippen molar-refractivity contribution < 1.29 is 9.21 Å². The second kappa shape index (κ2) is 7.61. The van der Waals surface area contributed by atoms with E-state index in [1.165, 1.54) is 0 Å². The summed E-state index contributed by atoms with van der Waals surface area (Å²) in [7, 11) is 0. The minimum absolute atomic E-state index is 0.215. The van der Waals surface area contributed by atoms with Crippen LogP contribution in [0.3, 0.4) is 0 Å². The Morgan fingerprint density at radius 2 is 1.77 bits per heavy atom. The molecule has 2 aromatic carbocycles. The minimum atomic E-state index is -0.215. The first-order chi connectivity index (χ1) is 14.7. The molecular formula is C24H16ClN3O2. The Balaban J connectivity index is 1.58. The summed E-state index contributed by atoms with van der Waals surface area (Å²) in [5.74, 6) is 0.902. The van der Waals surface area contributed by atoms with Gasteiger partial charge in [-0.05, 0) is 29.8 Å². The van der Waals surface area contributed by atoms with Crippen LogP contribution in [0.25, 0.3) is 11.8 Å². The molecule has 0 fully saturated rings. The number of nitrogens with zero attached hydrogens (tertiary/aromatic N) is 3. The van der Waals surface area contributed by atoms with Gasteiger partial charge in [0.15, 0.2) is 5.84 Å². The van der Waals surface area contributed by atoms with Crippen LogP contribution < -0.4 is 0 Å². The number of hydrogen-bond donors (Lipinski definition) is 0. The van der Waals surface area contributed by atoms with E-state index in [2.05, 4.69) is 4.99 Å². The Kier molecular flexibility index (Phi) is 4.65. The zero-order valence-electron chi connectivity index (χ0n) is 15.8. The molecule has 30 heavy (non-hydrogen) atoms. The van der Waals surface area contributed by atoms with E-state index in [9.17, 15) is 4.79 Å². The first kappa shape index (κ1) is 18.3. The number of furan rings is 1. The largest absolute Gasteiger partial charge is 0.465 e. The molecule has 0 aliphatic carbocycles. The van der Waals surface area contributed by atoms with Crippen molar-refractivity contribution in [2.75, 3.05) is 0 Å². The van der Waals surface area contributed by atoms with Gasteiger partial charge in [-0.1, -0.05) is 54.1 Å². The third-order valence-corrected chi connectivity index (χ3v) is 5.09. The van der Waals surface area contributed by atoms with Gasteiger partial charge in [-0.25, -0.2) is 9.98 Å². The molecule has 3 aromatic rings. The summed E-state index contributed by atoms with van der Waals surface area (Å²) in [6.45, 7) is 0. The predicted octanol–water partition coefficient (Wildman–Crippen LogP) is 5.21. The fraction of sp³-hybridized carbons (Fsp3) is 0.0417. The highest BCUT2D eigenvalue weighted by atomic mass is 35.5. The van der Waals surface area contributed by atoms with Crippen molar-refractivity contribution in [3.8, 4) is 0 Å². The van der Waals surface area contributed by atoms with Gasteiger partial charge in [-0.15, -0.1) is 0 Å². The van der Waals surface area contributed by atoms with Crippen molar-refractivity contribution >= 4 is 40.8 Å². The maximum atomic E-state index is 13.1. The second-order valence-electron chi connectivity index (χ2n) is 6.90. The number of fused-ring (bicyclic) bond motifs is 1. The van der Waals surface area contributed by atoms with Gasteiger partial charge in [0.05, 0.1) is 17.7 Å². The summed E-state index contributed by atoms with van der Waals surface area (Å²) in [4.78, 5) is 24.1. The van der Waals surface area contributed by atoms with Gasteiger partial charge in [0.2, 0.25) is 0 Å². The van der Waals surface area contributed by atoms with Crippen LogP contribution in [-0.4, -0.2) is 22.4 Å². The summed E-state index contributed by atoms with van der Waals surface area (Å²) in [5.41, 5.74) is 3.69. The molecule has 0 saturated heterocycles. The Morgan fingerprint density at radius 1 is 0.967 bits per heavy atom. The molecular weight excluding hydrogens is 398 g/mol. The zero-order valence-corrected chi connectivity index (χ0v) is 16.6. The molecule has 5 nitrogen and oxygen atoms in total. The molecule has 1 amide bonds. The normalized spacial score (nSPS) is 17.0. The Morgan fingerprint density at radius 3 is 2.50 bits per heavy atom. The highest BCUT2D eigenvalue weighted by molar-refractivity contribution is 6.48. The van der Waals surface area contributed by atoms with E-state index < -0.39 is 0 Å². The average molecular weight is 414 g/mol. The lowest BCUT2D eigenvalue weighted by molar-refractivity contribution is -0.120. The average Bonchev–Trinajstić information content (AvgIpc) is 3.38. The number of halogens is 1. The zero-order chi connectivity index (χ0) is 20.5. The fourth-order valence-corrected chi connectivity index (χ4v) is 3.50. The second-order valence-corrected chi connectivity index (χ2v) is 7.33. The number of hydrogen-bond acceptors (Lipinski definition) is 4. The van der Waals surface area contributed by atoms with Crippen molar-refractivity contribution in [3.63, 3.8) is 0 Å². The van der Waals surface area contributed by atoms with Gasteiger partial charge in [0.1, 0.15) is 11.5 Å². The smallest absolute Gasteiger partial charge is 0.282 e. The van der Waals surface area contributed by atoms with Crippen molar-refractivity contribution in [2.24, 2.45) is 9.98 Å². The molecule has 0 bridgehead atoms. The van der Waals surface area contributed by atoms with Crippen LogP contribution in [0.15, 0.2) is 99.3 Å². The molecule has 3 heterocycles. The summed E-state index contributed by atoms with van der Waals surface area (Å²) >= 11 is 6.03. The Hall–Kier alpha value is -3.70. The van der Waals surface area contributed by atoms with Gasteiger partial charge in [-0.2, -0.15) is 0 Å². The van der Waals surface area contributed by atoms with Gasteiger partial charge in [0, 0.05) is 29.3 Å². The quantitative estimate of drug-likeness (QED) is 0.551. The van der Waals surface area contributed by atoms with Crippen LogP contribution in [0, 0.1) is 0 Å². The van der Waals surface area contributed by atoms with Crippen molar-refractivity contribution in [3.05, 3.63) is 107 Å². The van der Waals surface area contributed by atoms with Crippen LogP contribution in [0.2, 0.25) is 5.02 Å². The van der Waals surface area contributed by atoms with Crippen LogP contribution in [-0.2, 0) is 11.2 Å². The molecule has 0 spiro atoms. The number of aliphatic imine (C=N–C) groups is 2. The van der Waals surface area contributed by atoms with Crippen LogP contribution in [0.5, 0.6) is 0 Å². The standard InChI is InChI=1S/C24H16ClN3O2/c25-18-10-8-17(9-11-18)22-15-28-23(20(26-22)13-16-5-2-1-3-6-16)27-21(24(28)29)14-19-7-4-12-30-19/h1-12,14-15H,13H2. The van der Waals surface area contributed by atoms with E-state index in [0.717, 1.165) is 16.8 Å². The monoisotopic (exact) mass is 413 g/mol. The van der Waals surface area contributed by atoms with E-state index in [4.69, 9.17) is 21.0 Å². The van der Waals surface area contributed by atoms with Crippen LogP contribution in [0.4, 0.5) is 0 Å². The fourth-order valence-electron chi connectivity index (χ4n) is 3.37. The number of carbonyl (C=O) groups excluding carboxylic acids is 1. The van der Waals surface area contributed by atoms with E-state index in [1.807, 2.05) is 54.6 Å². The minimum Gasteiger partial charge on any atom is -0.465 e. The summed E-state index contributed by atoms with van der Waals surface area (Å²) in [6.07, 6.45) is 5.49. The van der Waals surface area contributed by atoms with E-state index >= 15 is 0 Å². The summed E-state index contributed by atoms with van der Waals surface area (Å²) < 4.78 is 5.35. The summed E-state index contributed by atoms with van der Waals surface area (Å²) in [6, 6.07) is 20.9. The lowest BCUT2D eigenvalue weighted by atomic mass is 10.1. The molecule has 2 aliphatic heterocycles.